The number of hydrogen-bond acceptors (Lipinski definition) is 7. The van der Waals surface area contributed by atoms with Crippen molar-refractivity contribution in [3.8, 4) is 5.75 Å². The molecule has 1 fully saturated rings. The number of likely N-dealkylation sites (tertiary alicyclic amines) is 1. The average Bonchev–Trinajstić information content (AvgIpc) is 3.41. The van der Waals surface area contributed by atoms with Crippen molar-refractivity contribution in [3.63, 3.8) is 0 Å². The number of carboxylic acids is 2. The van der Waals surface area contributed by atoms with E-state index in [2.05, 4.69) is 47.4 Å². The number of piperidine rings is 1. The monoisotopic (exact) mass is 559 g/mol. The van der Waals surface area contributed by atoms with Crippen molar-refractivity contribution in [2.75, 3.05) is 26.2 Å². The number of benzene rings is 3. The Morgan fingerprint density at radius 1 is 0.951 bits per heavy atom. The Kier molecular flexibility index (Phi) is 9.89. The van der Waals surface area contributed by atoms with Gasteiger partial charge >= 0.3 is 11.9 Å². The number of fused-ring (bicyclic) bond motifs is 2. The minimum absolute atomic E-state index is 0.121. The molecule has 9 nitrogen and oxygen atoms in total. The summed E-state index contributed by atoms with van der Waals surface area (Å²) in [4.78, 5) is 33.0. The fraction of sp³-hybridized carbons (Fsp3) is 0.281. The minimum Gasteiger partial charge on any atom is -0.490 e. The lowest BCUT2D eigenvalue weighted by Crippen LogP contribution is -2.40. The van der Waals surface area contributed by atoms with Gasteiger partial charge in [-0.05, 0) is 66.4 Å². The number of aliphatic hydroxyl groups is 1. The van der Waals surface area contributed by atoms with E-state index >= 15 is 0 Å². The van der Waals surface area contributed by atoms with Crippen LogP contribution in [-0.2, 0) is 9.59 Å². The summed E-state index contributed by atoms with van der Waals surface area (Å²) in [6.45, 7) is 4.20. The molecule has 5 rings (SSSR count). The number of rotatable bonds is 9. The van der Waals surface area contributed by atoms with Gasteiger partial charge in [-0.2, -0.15) is 0 Å². The number of carbonyl (C=O) groups is 3. The van der Waals surface area contributed by atoms with Crippen molar-refractivity contribution in [2.24, 2.45) is 0 Å². The van der Waals surface area contributed by atoms with Crippen LogP contribution in [0, 0.1) is 0 Å². The third-order valence-electron chi connectivity index (χ3n) is 6.97. The Morgan fingerprint density at radius 2 is 1.63 bits per heavy atom. The lowest BCUT2D eigenvalue weighted by atomic mass is 9.88. The van der Waals surface area contributed by atoms with Gasteiger partial charge in [-0.1, -0.05) is 48.5 Å². The highest BCUT2D eigenvalue weighted by atomic mass is 16.5. The van der Waals surface area contributed by atoms with Crippen LogP contribution in [0.1, 0.15) is 41.8 Å². The lowest BCUT2D eigenvalue weighted by Gasteiger charge is -2.33. The Balaban J connectivity index is 0.000000426. The third-order valence-corrected chi connectivity index (χ3v) is 6.97. The predicted octanol–water partition coefficient (Wildman–Crippen LogP) is 5.12. The van der Waals surface area contributed by atoms with Crippen LogP contribution < -0.4 is 4.74 Å². The number of ether oxygens (including phenoxy) is 1. The number of ketones is 1. The maximum atomic E-state index is 11.6. The van der Waals surface area contributed by atoms with E-state index in [0.29, 0.717) is 41.7 Å². The van der Waals surface area contributed by atoms with Crippen LogP contribution in [-0.4, -0.2) is 70.3 Å². The van der Waals surface area contributed by atoms with Gasteiger partial charge in [0.2, 0.25) is 0 Å². The maximum Gasteiger partial charge on any atom is 0.328 e. The second-order valence-electron chi connectivity index (χ2n) is 9.99. The normalized spacial score (nSPS) is 15.0. The predicted molar refractivity (Wildman–Crippen MR) is 154 cm³/mol. The van der Waals surface area contributed by atoms with Gasteiger partial charge in [0.25, 0.3) is 0 Å². The molecule has 0 bridgehead atoms. The Hall–Kier alpha value is -4.47. The fourth-order valence-corrected chi connectivity index (χ4v) is 4.92. The lowest BCUT2D eigenvalue weighted by molar-refractivity contribution is -0.134. The molecule has 3 aromatic carbocycles. The van der Waals surface area contributed by atoms with Crippen LogP contribution in [0.5, 0.6) is 5.75 Å². The van der Waals surface area contributed by atoms with E-state index < -0.39 is 18.0 Å². The van der Waals surface area contributed by atoms with Crippen molar-refractivity contribution in [2.45, 2.75) is 31.8 Å². The molecule has 41 heavy (non-hydrogen) atoms. The van der Waals surface area contributed by atoms with Crippen molar-refractivity contribution >= 4 is 39.5 Å². The first-order valence-electron chi connectivity index (χ1n) is 13.4. The summed E-state index contributed by atoms with van der Waals surface area (Å²) in [6, 6.07) is 22.5. The molecule has 0 amide bonds. The molecule has 1 aliphatic rings. The zero-order valence-corrected chi connectivity index (χ0v) is 22.7. The van der Waals surface area contributed by atoms with Gasteiger partial charge in [-0.15, -0.1) is 0 Å². The maximum absolute atomic E-state index is 11.6. The molecule has 0 aliphatic carbocycles. The van der Waals surface area contributed by atoms with Gasteiger partial charge in [0.1, 0.15) is 24.0 Å². The SMILES string of the molecule is CC(=O)c1cc2c(OC[C@@H](O)CN3CCC(c4ccc5ccccc5c4)CC3)cccc2o1.O=C(O)/C=C\C(=O)O. The van der Waals surface area contributed by atoms with Crippen molar-refractivity contribution in [1.29, 1.82) is 0 Å². The standard InChI is InChI=1S/C28H29NO4.C4H4O4/c1-19(30)28-16-25-26(7-4-8-27(25)33-28)32-18-24(31)17-29-13-11-21(12-14-29)23-10-9-20-5-2-3-6-22(20)15-23;5-3(6)1-2-4(7)8/h2-10,15-16,21,24,31H,11-14,17-18H2,1H3;1-2H,(H,5,6)(H,7,8)/b;2-1-/t24-;/m0./s1. The molecule has 4 aromatic rings. The van der Waals surface area contributed by atoms with E-state index in [1.54, 1.807) is 6.07 Å². The number of nitrogens with zero attached hydrogens (tertiary/aromatic N) is 1. The summed E-state index contributed by atoms with van der Waals surface area (Å²) < 4.78 is 11.5. The van der Waals surface area contributed by atoms with E-state index in [1.807, 2.05) is 18.2 Å². The number of β-amino-alcohol motifs (C(OH)–C–C–N with tert-alkyl or cyclic N) is 1. The first kappa shape index (κ1) is 29.5. The Labute approximate surface area is 237 Å². The molecule has 1 saturated heterocycles. The average molecular weight is 560 g/mol. The third kappa shape index (κ3) is 8.26. The van der Waals surface area contributed by atoms with Gasteiger partial charge in [0, 0.05) is 25.6 Å². The van der Waals surface area contributed by atoms with Crippen LogP contribution in [0.4, 0.5) is 0 Å². The summed E-state index contributed by atoms with van der Waals surface area (Å²) >= 11 is 0. The number of Topliss-reactive ketones (excluding diaryl/α,β-unsaturated/α-hetero) is 1. The first-order valence-corrected chi connectivity index (χ1v) is 13.4. The van der Waals surface area contributed by atoms with Crippen molar-refractivity contribution < 1.29 is 38.9 Å². The highest BCUT2D eigenvalue weighted by Gasteiger charge is 2.23. The smallest absolute Gasteiger partial charge is 0.328 e. The molecule has 0 saturated carbocycles. The molecule has 9 heteroatoms. The van der Waals surface area contributed by atoms with E-state index in [9.17, 15) is 19.5 Å². The van der Waals surface area contributed by atoms with E-state index in [4.69, 9.17) is 19.4 Å². The summed E-state index contributed by atoms with van der Waals surface area (Å²) in [5, 5.41) is 29.5. The highest BCUT2D eigenvalue weighted by Crippen LogP contribution is 2.31. The molecular weight excluding hydrogens is 526 g/mol. The number of furan rings is 1. The number of carboxylic acid groups (broad SMARTS) is 2. The Morgan fingerprint density at radius 3 is 2.29 bits per heavy atom. The molecular formula is C32H33NO8. The first-order chi connectivity index (χ1) is 19.7. The molecule has 3 N–H and O–H groups in total. The molecule has 1 aliphatic heterocycles. The molecule has 1 atom stereocenters. The molecule has 0 radical (unpaired) electrons. The van der Waals surface area contributed by atoms with Crippen LogP contribution in [0.25, 0.3) is 21.7 Å². The van der Waals surface area contributed by atoms with Gasteiger partial charge in [-0.3, -0.25) is 4.79 Å². The summed E-state index contributed by atoms with van der Waals surface area (Å²) in [7, 11) is 0. The molecule has 0 unspecified atom stereocenters. The molecule has 214 valence electrons. The summed E-state index contributed by atoms with van der Waals surface area (Å²) in [6.07, 6.45) is 2.71. The second kappa shape index (κ2) is 13.7. The van der Waals surface area contributed by atoms with Crippen molar-refractivity contribution in [3.05, 3.63) is 90.2 Å². The minimum atomic E-state index is -1.26. The quantitative estimate of drug-likeness (QED) is 0.188. The van der Waals surface area contributed by atoms with Crippen molar-refractivity contribution in [1.82, 2.24) is 4.90 Å². The van der Waals surface area contributed by atoms with Crippen LogP contribution >= 0.6 is 0 Å². The number of hydrogen-bond donors (Lipinski definition) is 3. The van der Waals surface area contributed by atoms with Crippen LogP contribution in [0.15, 0.2) is 83.3 Å². The zero-order chi connectivity index (χ0) is 29.4. The molecule has 2 heterocycles. The summed E-state index contributed by atoms with van der Waals surface area (Å²) in [5.41, 5.74) is 2.03. The zero-order valence-electron chi connectivity index (χ0n) is 22.7. The van der Waals surface area contributed by atoms with Gasteiger partial charge in [-0.25, -0.2) is 9.59 Å². The van der Waals surface area contributed by atoms with Crippen LogP contribution in [0.2, 0.25) is 0 Å². The summed E-state index contributed by atoms with van der Waals surface area (Å²) in [5.74, 6) is -1.13. The highest BCUT2D eigenvalue weighted by molar-refractivity contribution is 5.97. The largest absolute Gasteiger partial charge is 0.490 e. The van der Waals surface area contributed by atoms with Gasteiger partial charge in [0.15, 0.2) is 11.5 Å². The fourth-order valence-electron chi connectivity index (χ4n) is 4.92. The van der Waals surface area contributed by atoms with E-state index in [-0.39, 0.29) is 12.4 Å². The number of aliphatic carboxylic acids is 2. The molecule has 0 spiro atoms. The second-order valence-corrected chi connectivity index (χ2v) is 9.99. The van der Waals surface area contributed by atoms with Crippen LogP contribution in [0.3, 0.4) is 0 Å². The number of carbonyl (C=O) groups excluding carboxylic acids is 1. The Bertz CT molecular complexity index is 1530. The van der Waals surface area contributed by atoms with E-state index in [0.717, 1.165) is 31.3 Å². The van der Waals surface area contributed by atoms with Gasteiger partial charge in [0.05, 0.1) is 5.39 Å². The topological polar surface area (TPSA) is 138 Å². The van der Waals surface area contributed by atoms with Gasteiger partial charge < -0.3 is 29.4 Å². The molecule has 1 aromatic heterocycles. The number of aliphatic hydroxyl groups excluding tert-OH is 1. The van der Waals surface area contributed by atoms with E-state index in [1.165, 1.54) is 23.3 Å².